The molecule has 0 spiro atoms. The van der Waals surface area contributed by atoms with Gasteiger partial charge in [0.05, 0.1) is 0 Å². The van der Waals surface area contributed by atoms with Gasteiger partial charge in [0, 0.05) is 19.3 Å². The minimum absolute atomic E-state index is 0.00590. The van der Waals surface area contributed by atoms with Crippen molar-refractivity contribution in [1.29, 1.82) is 0 Å². The monoisotopic (exact) mass is 411 g/mol. The SMILES string of the molecule is O=C(O)CCCC(=O)NC(CO[P+](=O)NC(CCC(=O)O)C(=O)O)C(=O)O. The summed E-state index contributed by atoms with van der Waals surface area (Å²) in [6.45, 7) is -0.756. The molecule has 0 aromatic rings. The van der Waals surface area contributed by atoms with Gasteiger partial charge in [0.1, 0.15) is 6.61 Å². The fourth-order valence-corrected chi connectivity index (χ4v) is 2.51. The largest absolute Gasteiger partial charge is 0.613 e. The molecule has 0 fully saturated rings. The van der Waals surface area contributed by atoms with Gasteiger partial charge in [-0.15, -0.1) is 4.52 Å². The minimum atomic E-state index is -2.85. The standard InChI is InChI=1S/C13H19N2O11P/c16-9(2-1-3-10(17)18)14-8(13(23)24)6-26-27(25)15-7(12(21)22)4-5-11(19)20/h7-8H,1-6H2,(H5-,14,15,16,17,18,19,20,21,22,23,24,25)/p+1. The fraction of sp³-hybridized carbons (Fsp3) is 0.615. The molecule has 0 radical (unpaired) electrons. The lowest BCUT2D eigenvalue weighted by Crippen LogP contribution is -2.44. The molecule has 0 aliphatic rings. The Morgan fingerprint density at radius 1 is 0.852 bits per heavy atom. The van der Waals surface area contributed by atoms with Crippen LogP contribution in [0.15, 0.2) is 0 Å². The number of amides is 1. The molecule has 0 aromatic heterocycles. The van der Waals surface area contributed by atoms with Crippen LogP contribution in [0, 0.1) is 0 Å². The van der Waals surface area contributed by atoms with Gasteiger partial charge in [-0.3, -0.25) is 19.2 Å². The van der Waals surface area contributed by atoms with Crippen LogP contribution < -0.4 is 10.4 Å². The van der Waals surface area contributed by atoms with E-state index in [9.17, 15) is 28.5 Å². The molecule has 14 heteroatoms. The number of hydrogen-bond acceptors (Lipinski definition) is 7. The number of hydrogen-bond donors (Lipinski definition) is 6. The van der Waals surface area contributed by atoms with Crippen LogP contribution in [0.3, 0.4) is 0 Å². The molecular formula is C13H20N2O11P+. The van der Waals surface area contributed by atoms with E-state index >= 15 is 0 Å². The molecule has 1 amide bonds. The highest BCUT2D eigenvalue weighted by molar-refractivity contribution is 7.36. The van der Waals surface area contributed by atoms with Crippen molar-refractivity contribution >= 4 is 38.0 Å². The van der Waals surface area contributed by atoms with Crippen LogP contribution in [0.5, 0.6) is 0 Å². The number of carboxylic acids is 4. The van der Waals surface area contributed by atoms with Crippen LogP contribution in [0.2, 0.25) is 0 Å². The van der Waals surface area contributed by atoms with Gasteiger partial charge in [-0.2, -0.15) is 0 Å². The summed E-state index contributed by atoms with van der Waals surface area (Å²) in [4.78, 5) is 54.4. The molecule has 3 atom stereocenters. The van der Waals surface area contributed by atoms with Crippen molar-refractivity contribution < 1.29 is 53.5 Å². The topological polar surface area (TPSA) is 217 Å². The zero-order valence-electron chi connectivity index (χ0n) is 14.0. The fourth-order valence-electron chi connectivity index (χ4n) is 1.66. The van der Waals surface area contributed by atoms with Crippen molar-refractivity contribution in [3.63, 3.8) is 0 Å². The minimum Gasteiger partial charge on any atom is -0.481 e. The number of nitrogens with one attached hydrogen (secondary N) is 2. The van der Waals surface area contributed by atoms with Crippen molar-refractivity contribution in [3.8, 4) is 0 Å². The van der Waals surface area contributed by atoms with Gasteiger partial charge < -0.3 is 25.7 Å². The van der Waals surface area contributed by atoms with Crippen LogP contribution >= 0.6 is 8.18 Å². The van der Waals surface area contributed by atoms with E-state index in [2.05, 4.69) is 5.32 Å². The summed E-state index contributed by atoms with van der Waals surface area (Å²) in [5.74, 6) is -6.09. The normalized spacial score (nSPS) is 13.3. The molecule has 13 nitrogen and oxygen atoms in total. The van der Waals surface area contributed by atoms with E-state index in [1.807, 2.05) is 5.09 Å². The van der Waals surface area contributed by atoms with E-state index in [0.717, 1.165) is 0 Å². The van der Waals surface area contributed by atoms with Gasteiger partial charge in [-0.25, -0.2) is 4.79 Å². The third-order valence-electron chi connectivity index (χ3n) is 2.99. The smallest absolute Gasteiger partial charge is 0.481 e. The van der Waals surface area contributed by atoms with Crippen LogP contribution in [0.25, 0.3) is 0 Å². The first-order valence-electron chi connectivity index (χ1n) is 7.57. The number of carboxylic acid groups (broad SMARTS) is 4. The van der Waals surface area contributed by atoms with Crippen molar-refractivity contribution in [1.82, 2.24) is 10.4 Å². The van der Waals surface area contributed by atoms with Crippen molar-refractivity contribution in [2.75, 3.05) is 6.61 Å². The molecule has 0 heterocycles. The highest BCUT2D eigenvalue weighted by Gasteiger charge is 2.32. The van der Waals surface area contributed by atoms with Gasteiger partial charge in [0.25, 0.3) is 0 Å². The predicted octanol–water partition coefficient (Wildman–Crippen LogP) is -0.608. The summed E-state index contributed by atoms with van der Waals surface area (Å²) in [5, 5.41) is 39.0. The molecule has 27 heavy (non-hydrogen) atoms. The molecule has 0 aliphatic carbocycles. The van der Waals surface area contributed by atoms with E-state index < -0.39 is 63.1 Å². The Morgan fingerprint density at radius 3 is 1.89 bits per heavy atom. The highest BCUT2D eigenvalue weighted by atomic mass is 31.1. The van der Waals surface area contributed by atoms with Crippen molar-refractivity contribution in [3.05, 3.63) is 0 Å². The van der Waals surface area contributed by atoms with Gasteiger partial charge in [0.2, 0.25) is 5.91 Å². The Kier molecular flexibility index (Phi) is 11.4. The maximum Gasteiger partial charge on any atom is 0.613 e. The van der Waals surface area contributed by atoms with Crippen LogP contribution in [0.4, 0.5) is 0 Å². The zero-order valence-corrected chi connectivity index (χ0v) is 14.9. The quantitative estimate of drug-likeness (QED) is 0.186. The second-order valence-corrected chi connectivity index (χ2v) is 6.24. The van der Waals surface area contributed by atoms with Crippen molar-refractivity contribution in [2.24, 2.45) is 0 Å². The van der Waals surface area contributed by atoms with E-state index in [-0.39, 0.29) is 25.7 Å². The molecule has 0 saturated carbocycles. The van der Waals surface area contributed by atoms with Gasteiger partial charge in [0.15, 0.2) is 12.1 Å². The number of carbonyl (C=O) groups is 5. The Hall–Kier alpha value is -2.63. The van der Waals surface area contributed by atoms with Crippen LogP contribution in [-0.2, 0) is 33.1 Å². The van der Waals surface area contributed by atoms with E-state index in [1.54, 1.807) is 0 Å². The van der Waals surface area contributed by atoms with Gasteiger partial charge >= 0.3 is 32.1 Å². The van der Waals surface area contributed by atoms with Gasteiger partial charge in [-0.05, 0) is 17.4 Å². The van der Waals surface area contributed by atoms with E-state index in [1.165, 1.54) is 0 Å². The van der Waals surface area contributed by atoms with Gasteiger partial charge in [-0.1, -0.05) is 5.09 Å². The molecule has 0 rings (SSSR count). The van der Waals surface area contributed by atoms with Crippen molar-refractivity contribution in [2.45, 2.75) is 44.2 Å². The Labute approximate surface area is 153 Å². The first kappa shape index (κ1) is 24.4. The average Bonchev–Trinajstić information content (AvgIpc) is 2.54. The maximum atomic E-state index is 11.7. The summed E-state index contributed by atoms with van der Waals surface area (Å²) in [5.41, 5.74) is 0. The van der Waals surface area contributed by atoms with Crippen LogP contribution in [-0.4, -0.2) is 68.9 Å². The molecule has 0 bridgehead atoms. The highest BCUT2D eigenvalue weighted by Crippen LogP contribution is 2.19. The Morgan fingerprint density at radius 2 is 1.41 bits per heavy atom. The number of aliphatic carboxylic acids is 4. The summed E-state index contributed by atoms with van der Waals surface area (Å²) in [7, 11) is -2.85. The molecule has 0 aromatic carbocycles. The summed E-state index contributed by atoms with van der Waals surface area (Å²) >= 11 is 0. The molecule has 6 N–H and O–H groups in total. The lowest BCUT2D eigenvalue weighted by Gasteiger charge is -2.11. The lowest BCUT2D eigenvalue weighted by atomic mass is 10.2. The lowest BCUT2D eigenvalue weighted by molar-refractivity contribution is -0.143. The van der Waals surface area contributed by atoms with E-state index in [4.69, 9.17) is 24.9 Å². The third-order valence-corrected chi connectivity index (χ3v) is 3.90. The average molecular weight is 411 g/mol. The van der Waals surface area contributed by atoms with Crippen LogP contribution in [0.1, 0.15) is 32.1 Å². The molecule has 0 saturated heterocycles. The second kappa shape index (κ2) is 12.7. The summed E-state index contributed by atoms with van der Waals surface area (Å²) in [6.07, 6.45) is -1.40. The first-order chi connectivity index (χ1) is 12.5. The summed E-state index contributed by atoms with van der Waals surface area (Å²) < 4.78 is 16.4. The van der Waals surface area contributed by atoms with E-state index in [0.29, 0.717) is 0 Å². The second-order valence-electron chi connectivity index (χ2n) is 5.21. The number of carbonyl (C=O) groups excluding carboxylic acids is 1. The first-order valence-corrected chi connectivity index (χ1v) is 8.75. The molecule has 3 unspecified atom stereocenters. The zero-order chi connectivity index (χ0) is 21.0. The molecular weight excluding hydrogens is 391 g/mol. The molecule has 152 valence electrons. The third kappa shape index (κ3) is 12.4. The molecule has 0 aliphatic heterocycles. The predicted molar refractivity (Wildman–Crippen MR) is 86.0 cm³/mol. The Bertz CT molecular complexity index is 595. The summed E-state index contributed by atoms with van der Waals surface area (Å²) in [6, 6.07) is -3.08. The number of rotatable bonds is 15. The maximum absolute atomic E-state index is 11.7. The Balaban J connectivity index is 4.49.